The van der Waals surface area contributed by atoms with E-state index in [1.54, 1.807) is 0 Å². The third kappa shape index (κ3) is 4.57. The maximum absolute atomic E-state index is 9.48. The topological polar surface area (TPSA) is 35.5 Å². The fourth-order valence-electron chi connectivity index (χ4n) is 3.13. The van der Waals surface area contributed by atoms with Crippen molar-refractivity contribution in [1.82, 2.24) is 10.2 Å². The van der Waals surface area contributed by atoms with Gasteiger partial charge < -0.3 is 15.3 Å². The van der Waals surface area contributed by atoms with Gasteiger partial charge in [0, 0.05) is 6.04 Å². The van der Waals surface area contributed by atoms with Gasteiger partial charge in [-0.25, -0.2) is 0 Å². The average Bonchev–Trinajstić information content (AvgIpc) is 2.54. The van der Waals surface area contributed by atoms with Gasteiger partial charge >= 0.3 is 0 Å². The SMILES string of the molecule is CN1CCCC(NCC2CCC(O)CC2)CC1. The minimum atomic E-state index is -0.0159. The van der Waals surface area contributed by atoms with E-state index in [4.69, 9.17) is 0 Å². The summed E-state index contributed by atoms with van der Waals surface area (Å²) in [5.41, 5.74) is 0. The number of likely N-dealkylation sites (tertiary alicyclic amines) is 1. The maximum atomic E-state index is 9.48. The Hall–Kier alpha value is -0.120. The van der Waals surface area contributed by atoms with Crippen molar-refractivity contribution in [3.8, 4) is 0 Å². The van der Waals surface area contributed by atoms with Gasteiger partial charge in [-0.2, -0.15) is 0 Å². The van der Waals surface area contributed by atoms with E-state index in [0.29, 0.717) is 0 Å². The molecule has 3 heteroatoms. The molecule has 1 saturated heterocycles. The third-order valence-electron chi connectivity index (χ3n) is 4.46. The molecule has 1 aliphatic carbocycles. The van der Waals surface area contributed by atoms with Crippen molar-refractivity contribution in [1.29, 1.82) is 0 Å². The van der Waals surface area contributed by atoms with Gasteiger partial charge in [0.15, 0.2) is 0 Å². The van der Waals surface area contributed by atoms with Crippen molar-refractivity contribution < 1.29 is 5.11 Å². The van der Waals surface area contributed by atoms with Crippen molar-refractivity contribution >= 4 is 0 Å². The molecule has 2 N–H and O–H groups in total. The number of nitrogens with one attached hydrogen (secondary N) is 1. The van der Waals surface area contributed by atoms with Crippen LogP contribution in [0.3, 0.4) is 0 Å². The lowest BCUT2D eigenvalue weighted by Crippen LogP contribution is -2.35. The van der Waals surface area contributed by atoms with Gasteiger partial charge in [-0.1, -0.05) is 0 Å². The lowest BCUT2D eigenvalue weighted by molar-refractivity contribution is 0.107. The molecule has 1 atom stereocenters. The fourth-order valence-corrected chi connectivity index (χ4v) is 3.13. The molecule has 17 heavy (non-hydrogen) atoms. The van der Waals surface area contributed by atoms with Gasteiger partial charge in [0.25, 0.3) is 0 Å². The van der Waals surface area contributed by atoms with Crippen LogP contribution in [0.4, 0.5) is 0 Å². The summed E-state index contributed by atoms with van der Waals surface area (Å²) in [6, 6.07) is 0.729. The van der Waals surface area contributed by atoms with E-state index in [-0.39, 0.29) is 6.10 Å². The third-order valence-corrected chi connectivity index (χ3v) is 4.46. The first-order chi connectivity index (χ1) is 8.24. The Labute approximate surface area is 106 Å². The second kappa shape index (κ2) is 6.72. The molecule has 0 amide bonds. The predicted molar refractivity (Wildman–Crippen MR) is 71.1 cm³/mol. The lowest BCUT2D eigenvalue weighted by Gasteiger charge is -2.27. The molecule has 1 unspecified atom stereocenters. The van der Waals surface area contributed by atoms with Crippen LogP contribution in [-0.4, -0.2) is 48.8 Å². The molecule has 1 saturated carbocycles. The first-order valence-electron chi connectivity index (χ1n) is 7.34. The predicted octanol–water partition coefficient (Wildman–Crippen LogP) is 1.61. The minimum absolute atomic E-state index is 0.0159. The Bertz CT molecular complexity index is 214. The molecule has 2 fully saturated rings. The summed E-state index contributed by atoms with van der Waals surface area (Å²) in [5.74, 6) is 0.805. The Kier molecular flexibility index (Phi) is 5.26. The fraction of sp³-hybridized carbons (Fsp3) is 1.00. The van der Waals surface area contributed by atoms with Crippen LogP contribution >= 0.6 is 0 Å². The van der Waals surface area contributed by atoms with Crippen LogP contribution in [0.5, 0.6) is 0 Å². The summed E-state index contributed by atoms with van der Waals surface area (Å²) in [7, 11) is 2.23. The summed E-state index contributed by atoms with van der Waals surface area (Å²) in [5, 5.41) is 13.2. The number of aliphatic hydroxyl groups is 1. The van der Waals surface area contributed by atoms with Crippen LogP contribution in [-0.2, 0) is 0 Å². The van der Waals surface area contributed by atoms with Crippen LogP contribution in [0.1, 0.15) is 44.9 Å². The minimum Gasteiger partial charge on any atom is -0.393 e. The van der Waals surface area contributed by atoms with Crippen LogP contribution in [0, 0.1) is 5.92 Å². The van der Waals surface area contributed by atoms with E-state index < -0.39 is 0 Å². The smallest absolute Gasteiger partial charge is 0.0540 e. The summed E-state index contributed by atoms with van der Waals surface area (Å²) in [4.78, 5) is 2.44. The Balaban J connectivity index is 1.64. The highest BCUT2D eigenvalue weighted by Crippen LogP contribution is 2.23. The molecular weight excluding hydrogens is 212 g/mol. The zero-order chi connectivity index (χ0) is 12.1. The molecule has 1 heterocycles. The number of aliphatic hydroxyl groups excluding tert-OH is 1. The first kappa shape index (κ1) is 13.3. The molecule has 0 aromatic carbocycles. The highest BCUT2D eigenvalue weighted by molar-refractivity contribution is 4.78. The van der Waals surface area contributed by atoms with E-state index in [9.17, 15) is 5.11 Å². The number of hydrogen-bond acceptors (Lipinski definition) is 3. The zero-order valence-corrected chi connectivity index (χ0v) is 11.2. The first-order valence-corrected chi connectivity index (χ1v) is 7.34. The molecular formula is C14H28N2O. The molecule has 2 rings (SSSR count). The Morgan fingerprint density at radius 3 is 2.59 bits per heavy atom. The number of rotatable bonds is 3. The molecule has 2 aliphatic rings. The summed E-state index contributed by atoms with van der Waals surface area (Å²) in [6.45, 7) is 3.66. The van der Waals surface area contributed by atoms with Gasteiger partial charge in [-0.15, -0.1) is 0 Å². The van der Waals surface area contributed by atoms with Gasteiger partial charge in [0.1, 0.15) is 0 Å². The summed E-state index contributed by atoms with van der Waals surface area (Å²) < 4.78 is 0. The standard InChI is InChI=1S/C14H28N2O/c1-16-9-2-3-13(8-10-16)15-11-12-4-6-14(17)7-5-12/h12-15,17H,2-11H2,1H3. The Morgan fingerprint density at radius 2 is 1.82 bits per heavy atom. The van der Waals surface area contributed by atoms with E-state index in [2.05, 4.69) is 17.3 Å². The van der Waals surface area contributed by atoms with Gasteiger partial charge in [-0.3, -0.25) is 0 Å². The molecule has 0 radical (unpaired) electrons. The van der Waals surface area contributed by atoms with Gasteiger partial charge in [0.05, 0.1) is 6.10 Å². The van der Waals surface area contributed by atoms with Crippen molar-refractivity contribution in [3.63, 3.8) is 0 Å². The molecule has 3 nitrogen and oxygen atoms in total. The van der Waals surface area contributed by atoms with Gasteiger partial charge in [-0.05, 0) is 77.5 Å². The molecule has 0 aromatic rings. The lowest BCUT2D eigenvalue weighted by atomic mass is 9.87. The second-order valence-electron chi connectivity index (χ2n) is 6.01. The molecule has 0 spiro atoms. The van der Waals surface area contributed by atoms with Crippen molar-refractivity contribution in [3.05, 3.63) is 0 Å². The quantitative estimate of drug-likeness (QED) is 0.787. The highest BCUT2D eigenvalue weighted by Gasteiger charge is 2.21. The monoisotopic (exact) mass is 240 g/mol. The van der Waals surface area contributed by atoms with Crippen molar-refractivity contribution in [2.24, 2.45) is 5.92 Å². The van der Waals surface area contributed by atoms with E-state index in [1.165, 1.54) is 51.7 Å². The van der Waals surface area contributed by atoms with E-state index in [1.807, 2.05) is 0 Å². The average molecular weight is 240 g/mol. The van der Waals surface area contributed by atoms with E-state index in [0.717, 1.165) is 24.8 Å². The molecule has 100 valence electrons. The van der Waals surface area contributed by atoms with Crippen LogP contribution in [0.15, 0.2) is 0 Å². The van der Waals surface area contributed by atoms with Crippen molar-refractivity contribution in [2.75, 3.05) is 26.7 Å². The second-order valence-corrected chi connectivity index (χ2v) is 6.01. The van der Waals surface area contributed by atoms with Crippen LogP contribution in [0.2, 0.25) is 0 Å². The van der Waals surface area contributed by atoms with Crippen LogP contribution in [0.25, 0.3) is 0 Å². The van der Waals surface area contributed by atoms with Gasteiger partial charge in [0.2, 0.25) is 0 Å². The number of hydrogen-bond donors (Lipinski definition) is 2. The number of nitrogens with zero attached hydrogens (tertiary/aromatic N) is 1. The van der Waals surface area contributed by atoms with Crippen molar-refractivity contribution in [2.45, 2.75) is 57.1 Å². The maximum Gasteiger partial charge on any atom is 0.0540 e. The van der Waals surface area contributed by atoms with Crippen LogP contribution < -0.4 is 5.32 Å². The summed E-state index contributed by atoms with van der Waals surface area (Å²) >= 11 is 0. The zero-order valence-electron chi connectivity index (χ0n) is 11.2. The molecule has 1 aliphatic heterocycles. The normalized spacial score (nSPS) is 36.7. The molecule has 0 bridgehead atoms. The Morgan fingerprint density at radius 1 is 1.06 bits per heavy atom. The molecule has 0 aromatic heterocycles. The van der Waals surface area contributed by atoms with E-state index >= 15 is 0 Å². The highest BCUT2D eigenvalue weighted by atomic mass is 16.3. The largest absolute Gasteiger partial charge is 0.393 e. The summed E-state index contributed by atoms with van der Waals surface area (Å²) in [6.07, 6.45) is 8.39.